The number of hydrogen-bond donors (Lipinski definition) is 1. The Morgan fingerprint density at radius 3 is 2.61 bits per heavy atom. The SMILES string of the molecule is [2H]C([2H])([2H])C([2H])([2H])Oc1cnc(CO)cc1N(Cc1ccc(OC)cc1)C(=O)OC(C)(C)C. The second kappa shape index (κ2) is 9.41. The molecule has 1 amide bonds. The summed E-state index contributed by atoms with van der Waals surface area (Å²) in [5, 5.41) is 9.55. The number of carbonyl (C=O) groups excluding carboxylic acids is 1. The Hall–Kier alpha value is -2.80. The molecule has 2 aromatic rings. The van der Waals surface area contributed by atoms with Gasteiger partial charge in [0.2, 0.25) is 0 Å². The molecular weight excluding hydrogens is 360 g/mol. The topological polar surface area (TPSA) is 81.1 Å². The monoisotopic (exact) mass is 393 g/mol. The van der Waals surface area contributed by atoms with E-state index in [4.69, 9.17) is 21.1 Å². The fraction of sp³-hybridized carbons (Fsp3) is 0.429. The summed E-state index contributed by atoms with van der Waals surface area (Å²) < 4.78 is 53.8. The summed E-state index contributed by atoms with van der Waals surface area (Å²) in [6.07, 6.45) is 0.281. The van der Waals surface area contributed by atoms with E-state index in [0.29, 0.717) is 11.3 Å². The Morgan fingerprint density at radius 1 is 1.32 bits per heavy atom. The van der Waals surface area contributed by atoms with Crippen LogP contribution in [0.4, 0.5) is 10.5 Å². The lowest BCUT2D eigenvalue weighted by atomic mass is 10.2. The molecule has 0 bridgehead atoms. The van der Waals surface area contributed by atoms with Crippen LogP contribution < -0.4 is 14.4 Å². The number of aliphatic hydroxyl groups is 1. The van der Waals surface area contributed by atoms with Crippen LogP contribution in [0.3, 0.4) is 0 Å². The van der Waals surface area contributed by atoms with Crippen molar-refractivity contribution in [3.05, 3.63) is 47.8 Å². The molecule has 0 saturated carbocycles. The van der Waals surface area contributed by atoms with Gasteiger partial charge in [0.15, 0.2) is 5.75 Å². The number of carbonyl (C=O) groups is 1. The lowest BCUT2D eigenvalue weighted by Crippen LogP contribution is -2.37. The first kappa shape index (κ1) is 15.2. The molecule has 7 nitrogen and oxygen atoms in total. The predicted octanol–water partition coefficient (Wildman–Crippen LogP) is 3.92. The zero-order chi connectivity index (χ0) is 25.0. The fourth-order valence-electron chi connectivity index (χ4n) is 2.38. The van der Waals surface area contributed by atoms with Gasteiger partial charge in [-0.15, -0.1) is 0 Å². The molecule has 152 valence electrons. The van der Waals surface area contributed by atoms with Crippen LogP contribution in [0, 0.1) is 0 Å². The highest BCUT2D eigenvalue weighted by Gasteiger charge is 2.26. The number of nitrogens with zero attached hydrogens (tertiary/aromatic N) is 2. The standard InChI is InChI=1S/C21H28N2O5/c1-6-27-19-12-22-16(14-24)11-18(19)23(20(25)28-21(2,3)4)13-15-7-9-17(26-5)10-8-15/h7-12,24H,6,13-14H2,1-5H3/i1D3,6D2. The minimum Gasteiger partial charge on any atom is -0.497 e. The third-order valence-electron chi connectivity index (χ3n) is 3.63. The molecule has 0 atom stereocenters. The van der Waals surface area contributed by atoms with E-state index in [0.717, 1.165) is 6.20 Å². The predicted molar refractivity (Wildman–Crippen MR) is 107 cm³/mol. The van der Waals surface area contributed by atoms with Gasteiger partial charge in [-0.05, 0) is 51.4 Å². The molecule has 0 aliphatic carbocycles. The zero-order valence-electron chi connectivity index (χ0n) is 21.4. The maximum Gasteiger partial charge on any atom is 0.415 e. The summed E-state index contributed by atoms with van der Waals surface area (Å²) in [6.45, 7) is -1.60. The molecular formula is C21H28N2O5. The Labute approximate surface area is 172 Å². The molecule has 0 spiro atoms. The van der Waals surface area contributed by atoms with E-state index < -0.39 is 31.7 Å². The van der Waals surface area contributed by atoms with Crippen LogP contribution in [0.2, 0.25) is 0 Å². The number of pyridine rings is 1. The molecule has 0 radical (unpaired) electrons. The number of aromatic nitrogens is 1. The van der Waals surface area contributed by atoms with Gasteiger partial charge in [-0.1, -0.05) is 12.1 Å². The van der Waals surface area contributed by atoms with Crippen LogP contribution in [-0.2, 0) is 17.9 Å². The second-order valence-corrected chi connectivity index (χ2v) is 6.92. The van der Waals surface area contributed by atoms with E-state index in [9.17, 15) is 9.90 Å². The second-order valence-electron chi connectivity index (χ2n) is 6.92. The van der Waals surface area contributed by atoms with Gasteiger partial charge in [0.1, 0.15) is 11.4 Å². The van der Waals surface area contributed by atoms with Gasteiger partial charge in [-0.25, -0.2) is 4.79 Å². The van der Waals surface area contributed by atoms with E-state index in [-0.39, 0.29) is 23.7 Å². The van der Waals surface area contributed by atoms with Gasteiger partial charge < -0.3 is 19.3 Å². The number of benzene rings is 1. The molecule has 0 aliphatic heterocycles. The summed E-state index contributed by atoms with van der Waals surface area (Å²) >= 11 is 0. The van der Waals surface area contributed by atoms with Crippen molar-refractivity contribution in [3.63, 3.8) is 0 Å². The number of anilines is 1. The molecule has 0 aliphatic rings. The number of ether oxygens (including phenoxy) is 3. The highest BCUT2D eigenvalue weighted by Crippen LogP contribution is 2.31. The average Bonchev–Trinajstić information content (AvgIpc) is 2.70. The van der Waals surface area contributed by atoms with Crippen molar-refractivity contribution in [3.8, 4) is 11.5 Å². The van der Waals surface area contributed by atoms with E-state index in [1.54, 1.807) is 45.0 Å². The molecule has 7 heteroatoms. The van der Waals surface area contributed by atoms with Gasteiger partial charge >= 0.3 is 6.09 Å². The van der Waals surface area contributed by atoms with E-state index in [1.165, 1.54) is 18.1 Å². The highest BCUT2D eigenvalue weighted by atomic mass is 16.6. The number of hydrogen-bond acceptors (Lipinski definition) is 6. The quantitative estimate of drug-likeness (QED) is 0.768. The Bertz CT molecular complexity index is 959. The maximum atomic E-state index is 13.1. The van der Waals surface area contributed by atoms with Gasteiger partial charge in [0.25, 0.3) is 0 Å². The minimum absolute atomic E-state index is 0.00718. The number of rotatable bonds is 7. The minimum atomic E-state index is -3.10. The van der Waals surface area contributed by atoms with Gasteiger partial charge in [-0.2, -0.15) is 0 Å². The van der Waals surface area contributed by atoms with Crippen LogP contribution in [0.5, 0.6) is 11.5 Å². The first-order chi connectivity index (χ1) is 15.2. The molecule has 0 saturated heterocycles. The van der Waals surface area contributed by atoms with Gasteiger partial charge in [-0.3, -0.25) is 9.88 Å². The van der Waals surface area contributed by atoms with Crippen molar-refractivity contribution in [1.29, 1.82) is 0 Å². The van der Waals surface area contributed by atoms with E-state index in [2.05, 4.69) is 4.98 Å². The molecule has 28 heavy (non-hydrogen) atoms. The summed E-state index contributed by atoms with van der Waals surface area (Å²) in [5.41, 5.74) is -0.0210. The van der Waals surface area contributed by atoms with Gasteiger partial charge in [0, 0.05) is 4.11 Å². The van der Waals surface area contributed by atoms with Crippen molar-refractivity contribution in [1.82, 2.24) is 4.98 Å². The van der Waals surface area contributed by atoms with Crippen LogP contribution in [0.15, 0.2) is 36.5 Å². The van der Waals surface area contributed by atoms with Crippen molar-refractivity contribution in [2.24, 2.45) is 0 Å². The van der Waals surface area contributed by atoms with Crippen LogP contribution in [0.25, 0.3) is 0 Å². The number of aliphatic hydroxyl groups excluding tert-OH is 1. The molecule has 0 unspecified atom stereocenters. The first-order valence-electron chi connectivity index (χ1n) is 11.1. The molecule has 0 fully saturated rings. The van der Waals surface area contributed by atoms with Crippen molar-refractivity contribution >= 4 is 11.8 Å². The van der Waals surface area contributed by atoms with E-state index >= 15 is 0 Å². The van der Waals surface area contributed by atoms with Gasteiger partial charge in [0.05, 0.1) is 47.1 Å². The Balaban J connectivity index is 2.58. The smallest absolute Gasteiger partial charge is 0.415 e. The Kier molecular flexibility index (Phi) is 5.10. The maximum absolute atomic E-state index is 13.1. The summed E-state index contributed by atoms with van der Waals surface area (Å²) in [5.74, 6) is 0.316. The van der Waals surface area contributed by atoms with Crippen molar-refractivity contribution in [2.75, 3.05) is 18.6 Å². The summed E-state index contributed by atoms with van der Waals surface area (Å²) in [7, 11) is 1.53. The molecule has 2 rings (SSSR count). The average molecular weight is 393 g/mol. The van der Waals surface area contributed by atoms with E-state index in [1.807, 2.05) is 0 Å². The number of methoxy groups -OCH3 is 1. The zero-order valence-corrected chi connectivity index (χ0v) is 16.4. The fourth-order valence-corrected chi connectivity index (χ4v) is 2.38. The Morgan fingerprint density at radius 2 is 2.04 bits per heavy atom. The lowest BCUT2D eigenvalue weighted by Gasteiger charge is -2.29. The third kappa shape index (κ3) is 5.85. The molecule has 1 heterocycles. The molecule has 1 aromatic carbocycles. The van der Waals surface area contributed by atoms with Crippen molar-refractivity contribution in [2.45, 2.75) is 46.4 Å². The lowest BCUT2D eigenvalue weighted by molar-refractivity contribution is 0.0576. The number of amides is 1. The molecule has 1 aromatic heterocycles. The largest absolute Gasteiger partial charge is 0.497 e. The summed E-state index contributed by atoms with van der Waals surface area (Å²) in [6, 6.07) is 8.19. The highest BCUT2D eigenvalue weighted by molar-refractivity contribution is 5.89. The van der Waals surface area contributed by atoms with Crippen LogP contribution in [-0.4, -0.2) is 35.5 Å². The van der Waals surface area contributed by atoms with Crippen LogP contribution >= 0.6 is 0 Å². The summed E-state index contributed by atoms with van der Waals surface area (Å²) in [4.78, 5) is 18.3. The third-order valence-corrected chi connectivity index (χ3v) is 3.63. The molecule has 1 N–H and O–H groups in total. The van der Waals surface area contributed by atoms with Crippen LogP contribution in [0.1, 0.15) is 45.7 Å². The van der Waals surface area contributed by atoms with Crippen molar-refractivity contribution < 1.29 is 31.0 Å². The first-order valence-corrected chi connectivity index (χ1v) is 8.59. The normalized spacial score (nSPS) is 14.7.